The first-order chi connectivity index (χ1) is 36.0. The third-order valence-electron chi connectivity index (χ3n) is 14.6. The van der Waals surface area contributed by atoms with E-state index >= 15 is 0 Å². The number of rotatable bonds is 10. The molecule has 3 heterocycles. The Morgan fingerprint density at radius 2 is 0.904 bits per heavy atom. The van der Waals surface area contributed by atoms with Gasteiger partial charge in [-0.1, -0.05) is 188 Å². The highest BCUT2D eigenvalue weighted by atomic mass is 16.3. The van der Waals surface area contributed by atoms with Gasteiger partial charge in [0.1, 0.15) is 22.5 Å². The van der Waals surface area contributed by atoms with Crippen molar-refractivity contribution in [3.05, 3.63) is 259 Å². The van der Waals surface area contributed by atoms with E-state index in [1.54, 1.807) is 0 Å². The molecule has 0 fully saturated rings. The second-order valence-corrected chi connectivity index (χ2v) is 18.6. The summed E-state index contributed by atoms with van der Waals surface area (Å²) in [5.74, 6) is 1.68. The van der Waals surface area contributed by atoms with Gasteiger partial charge < -0.3 is 23.1 Å². The minimum Gasteiger partial charge on any atom is -0.456 e. The van der Waals surface area contributed by atoms with Crippen LogP contribution in [0.3, 0.4) is 0 Å². The first-order valence-corrected chi connectivity index (χ1v) is 25.0. The fourth-order valence-corrected chi connectivity index (χ4v) is 11.1. The summed E-state index contributed by atoms with van der Waals surface area (Å²) in [7, 11) is 0. The van der Waals surface area contributed by atoms with Gasteiger partial charge in [0.15, 0.2) is 11.3 Å². The van der Waals surface area contributed by atoms with Crippen molar-refractivity contribution in [2.75, 3.05) is 9.80 Å². The highest BCUT2D eigenvalue weighted by Crippen LogP contribution is 2.51. The molecule has 350 valence electrons. The predicted molar refractivity (Wildman–Crippen MR) is 306 cm³/mol. The van der Waals surface area contributed by atoms with E-state index in [4.69, 9.17) is 13.3 Å². The molecular weight excluding hydrogens is 893 g/mol. The fourth-order valence-electron chi connectivity index (χ4n) is 11.1. The molecule has 0 aliphatic carbocycles. The number of benzene rings is 10. The van der Waals surface area contributed by atoms with Crippen molar-refractivity contribution < 1.29 is 13.3 Å². The van der Waals surface area contributed by atoms with Crippen molar-refractivity contribution in [1.29, 1.82) is 0 Å². The predicted octanol–water partition coefficient (Wildman–Crippen LogP) is 19.8. The molecule has 10 aromatic carbocycles. The molecule has 5 heteroatoms. The van der Waals surface area contributed by atoms with Gasteiger partial charge in [0.25, 0.3) is 0 Å². The second kappa shape index (κ2) is 17.8. The van der Waals surface area contributed by atoms with Gasteiger partial charge in [-0.05, 0) is 85.5 Å². The number of anilines is 5. The quantitative estimate of drug-likeness (QED) is 0.137. The number of allylic oxidation sites excluding steroid dienone is 2. The number of fused-ring (bicyclic) bond motifs is 10. The van der Waals surface area contributed by atoms with Crippen molar-refractivity contribution in [1.82, 2.24) is 0 Å². The Morgan fingerprint density at radius 3 is 1.53 bits per heavy atom. The first kappa shape index (κ1) is 43.7. The zero-order chi connectivity index (χ0) is 49.2. The van der Waals surface area contributed by atoms with Crippen LogP contribution in [-0.2, 0) is 0 Å². The molecule has 0 aliphatic rings. The van der Waals surface area contributed by atoms with Gasteiger partial charge in [-0.25, -0.2) is 0 Å². The maximum atomic E-state index is 7.29. The summed E-state index contributed by atoms with van der Waals surface area (Å²) < 4.78 is 21.5. The van der Waals surface area contributed by atoms with Crippen molar-refractivity contribution in [3.63, 3.8) is 0 Å². The lowest BCUT2D eigenvalue weighted by molar-refractivity contribution is 0.535. The van der Waals surface area contributed by atoms with Gasteiger partial charge in [-0.15, -0.1) is 0 Å². The molecule has 0 aliphatic heterocycles. The number of hydrogen-bond acceptors (Lipinski definition) is 5. The van der Waals surface area contributed by atoms with E-state index in [-0.39, 0.29) is 0 Å². The smallest absolute Gasteiger partial charge is 0.159 e. The third-order valence-corrected chi connectivity index (χ3v) is 14.6. The van der Waals surface area contributed by atoms with Crippen LogP contribution in [0.5, 0.6) is 0 Å². The maximum absolute atomic E-state index is 7.29. The normalized spacial score (nSPS) is 12.3. The minimum atomic E-state index is 0.787. The summed E-state index contributed by atoms with van der Waals surface area (Å²) in [6.45, 7) is 8.50. The third kappa shape index (κ3) is 7.07. The zero-order valence-corrected chi connectivity index (χ0v) is 41.1. The minimum absolute atomic E-state index is 0.787. The van der Waals surface area contributed by atoms with Crippen molar-refractivity contribution >= 4 is 105 Å². The van der Waals surface area contributed by atoms with E-state index in [0.29, 0.717) is 0 Å². The van der Waals surface area contributed by atoms with Crippen LogP contribution in [-0.4, -0.2) is 0 Å². The van der Waals surface area contributed by atoms with Crippen LogP contribution in [0.2, 0.25) is 0 Å². The van der Waals surface area contributed by atoms with Crippen LogP contribution >= 0.6 is 0 Å². The summed E-state index contributed by atoms with van der Waals surface area (Å²) in [5, 5.41) is 8.63. The van der Waals surface area contributed by atoms with Gasteiger partial charge in [0.2, 0.25) is 0 Å². The highest BCUT2D eigenvalue weighted by Gasteiger charge is 2.29. The Balaban J connectivity index is 1.04. The lowest BCUT2D eigenvalue weighted by Gasteiger charge is -2.28. The molecule has 0 unspecified atom stereocenters. The molecule has 0 radical (unpaired) electrons. The lowest BCUT2D eigenvalue weighted by Crippen LogP contribution is -2.16. The van der Waals surface area contributed by atoms with E-state index < -0.39 is 0 Å². The van der Waals surface area contributed by atoms with Crippen LogP contribution in [0.15, 0.2) is 244 Å². The Labute approximate surface area is 423 Å². The zero-order valence-electron chi connectivity index (χ0n) is 41.1. The maximum Gasteiger partial charge on any atom is 0.159 e. The molecule has 0 saturated carbocycles. The van der Waals surface area contributed by atoms with Gasteiger partial charge in [-0.3, -0.25) is 0 Å². The average molecular weight is 943 g/mol. The topological polar surface area (TPSA) is 45.9 Å². The molecule has 0 bridgehead atoms. The highest BCUT2D eigenvalue weighted by molar-refractivity contribution is 6.30. The van der Waals surface area contributed by atoms with E-state index in [0.717, 1.165) is 144 Å². The van der Waals surface area contributed by atoms with E-state index in [9.17, 15) is 0 Å². The van der Waals surface area contributed by atoms with Crippen LogP contribution in [0.25, 0.3) is 87.8 Å². The molecule has 0 saturated heterocycles. The van der Waals surface area contributed by atoms with Crippen LogP contribution in [0.1, 0.15) is 42.1 Å². The molecule has 0 N–H and O–H groups in total. The number of hydrogen-bond donors (Lipinski definition) is 0. The first-order valence-electron chi connectivity index (χ1n) is 25.0. The molecule has 3 aromatic heterocycles. The summed E-state index contributed by atoms with van der Waals surface area (Å²) in [4.78, 5) is 4.67. The number of nitrogens with zero attached hydrogens (tertiary/aromatic N) is 2. The Kier molecular flexibility index (Phi) is 10.7. The number of para-hydroxylation sites is 4. The fraction of sp³-hybridized carbons (Fsp3) is 0.0588. The monoisotopic (exact) mass is 942 g/mol. The summed E-state index contributed by atoms with van der Waals surface area (Å²) >= 11 is 0. The van der Waals surface area contributed by atoms with E-state index in [2.05, 4.69) is 256 Å². The lowest BCUT2D eigenvalue weighted by atomic mass is 9.96. The van der Waals surface area contributed by atoms with E-state index in [1.807, 2.05) is 12.1 Å². The Hall–Kier alpha value is -9.32. The molecule has 0 amide bonds. The molecule has 0 spiro atoms. The van der Waals surface area contributed by atoms with Crippen LogP contribution < -0.4 is 9.80 Å². The summed E-state index contributed by atoms with van der Waals surface area (Å²) in [5.41, 5.74) is 15.6. The standard InChI is InChI=1S/C68H50N2O3/c1-5-49(45-25-11-7-12-26-45)65-43(3)44(4)66(72-65)57(6-2)69(47-29-15-9-16-30-47)59-41-61-63(53-35-21-19-33-51(53)59)64-54-36-22-20-34-52(54)60(42-62(64)71-61)70(48-31-17-10-18-32-48)58-40-24-39-56-55-38-23-37-50(67(55)73-68(56)58)46-27-13-8-14-28-46/h5-42H,1-4H3/b49-5-,57-6+. The second-order valence-electron chi connectivity index (χ2n) is 18.6. The van der Waals surface area contributed by atoms with E-state index in [1.165, 1.54) is 0 Å². The largest absolute Gasteiger partial charge is 0.456 e. The molecule has 5 nitrogen and oxygen atoms in total. The van der Waals surface area contributed by atoms with Gasteiger partial charge in [0, 0.05) is 72.5 Å². The molecule has 13 rings (SSSR count). The number of furan rings is 3. The Bertz CT molecular complexity index is 4290. The SMILES string of the molecule is C/C=C(/c1ccccc1)c1oc(/C(=C\C)N(c2ccccc2)c2cc3oc4cc(N(c5ccccc5)c5cccc6c5oc5c(-c7ccccc7)cccc56)c5ccccc5c4c3c3ccccc23)c(C)c1C. The summed E-state index contributed by atoms with van der Waals surface area (Å²) in [6, 6.07) is 76.9. The van der Waals surface area contributed by atoms with Crippen molar-refractivity contribution in [2.24, 2.45) is 0 Å². The van der Waals surface area contributed by atoms with Crippen LogP contribution in [0, 0.1) is 13.8 Å². The average Bonchev–Trinajstić information content (AvgIpc) is 4.12. The molecule has 0 atom stereocenters. The molecule has 13 aromatic rings. The summed E-state index contributed by atoms with van der Waals surface area (Å²) in [6.07, 6.45) is 4.31. The van der Waals surface area contributed by atoms with Gasteiger partial charge in [0.05, 0.1) is 22.8 Å². The van der Waals surface area contributed by atoms with Gasteiger partial charge in [-0.2, -0.15) is 0 Å². The Morgan fingerprint density at radius 1 is 0.397 bits per heavy atom. The van der Waals surface area contributed by atoms with Crippen LogP contribution in [0.4, 0.5) is 28.4 Å². The molecular formula is C68H50N2O3. The van der Waals surface area contributed by atoms with Gasteiger partial charge >= 0.3 is 0 Å². The van der Waals surface area contributed by atoms with Crippen molar-refractivity contribution in [3.8, 4) is 11.1 Å². The van der Waals surface area contributed by atoms with Crippen molar-refractivity contribution in [2.45, 2.75) is 27.7 Å². The molecule has 73 heavy (non-hydrogen) atoms.